The van der Waals surface area contributed by atoms with E-state index in [0.717, 1.165) is 29.7 Å². The molecule has 2 rings (SSSR count). The number of aryl methyl sites for hydroxylation is 1. The number of hydrogen-bond acceptors (Lipinski definition) is 2. The van der Waals surface area contributed by atoms with Gasteiger partial charge in [-0.1, -0.05) is 6.92 Å². The summed E-state index contributed by atoms with van der Waals surface area (Å²) in [6.07, 6.45) is 1.73. The number of hydrogen-bond donors (Lipinski definition) is 0. The summed E-state index contributed by atoms with van der Waals surface area (Å²) in [5.74, 6) is 1.54. The van der Waals surface area contributed by atoms with E-state index in [0.29, 0.717) is 11.4 Å². The molecule has 0 spiro atoms. The lowest BCUT2D eigenvalue weighted by Gasteiger charge is -2.28. The van der Waals surface area contributed by atoms with Crippen LogP contribution in [-0.2, 0) is 12.0 Å². The van der Waals surface area contributed by atoms with E-state index >= 15 is 0 Å². The van der Waals surface area contributed by atoms with E-state index in [9.17, 15) is 0 Å². The van der Waals surface area contributed by atoms with E-state index in [1.54, 1.807) is 0 Å². The predicted octanol–water partition coefficient (Wildman–Crippen LogP) is 3.83. The highest BCUT2D eigenvalue weighted by atomic mass is 35.5. The maximum atomic E-state index is 9.06. The third-order valence-corrected chi connectivity index (χ3v) is 3.83. The summed E-state index contributed by atoms with van der Waals surface area (Å²) in [5, 5.41) is 9.06. The summed E-state index contributed by atoms with van der Waals surface area (Å²) in [5.41, 5.74) is 2.58. The van der Waals surface area contributed by atoms with Gasteiger partial charge in [-0.3, -0.25) is 0 Å². The molecule has 0 N–H and O–H groups in total. The Morgan fingerprint density at radius 3 is 2.74 bits per heavy atom. The molecule has 3 nitrogen and oxygen atoms in total. The van der Waals surface area contributed by atoms with Gasteiger partial charge in [-0.2, -0.15) is 5.26 Å². The predicted molar refractivity (Wildman–Crippen MR) is 78.5 cm³/mol. The van der Waals surface area contributed by atoms with Gasteiger partial charge in [-0.25, -0.2) is 4.98 Å². The van der Waals surface area contributed by atoms with E-state index in [1.807, 2.05) is 18.2 Å². The summed E-state index contributed by atoms with van der Waals surface area (Å²) in [6, 6.07) is 7.82. The first-order valence-corrected chi connectivity index (χ1v) is 7.05. The molecule has 2 aromatic rings. The van der Waals surface area contributed by atoms with Gasteiger partial charge < -0.3 is 4.57 Å². The number of aromatic nitrogens is 2. The Kier molecular flexibility index (Phi) is 3.82. The van der Waals surface area contributed by atoms with E-state index < -0.39 is 0 Å². The second-order valence-electron chi connectivity index (χ2n) is 5.28. The molecule has 4 heteroatoms. The van der Waals surface area contributed by atoms with Gasteiger partial charge in [0.1, 0.15) is 5.82 Å². The minimum atomic E-state index is -0.0375. The van der Waals surface area contributed by atoms with Crippen LogP contribution >= 0.6 is 11.6 Å². The van der Waals surface area contributed by atoms with E-state index in [2.05, 4.69) is 36.4 Å². The molecule has 0 unspecified atom stereocenters. The normalized spacial score (nSPS) is 11.7. The van der Waals surface area contributed by atoms with Gasteiger partial charge in [-0.15, -0.1) is 11.6 Å². The van der Waals surface area contributed by atoms with Crippen LogP contribution < -0.4 is 0 Å². The first kappa shape index (κ1) is 13.9. The van der Waals surface area contributed by atoms with Crippen LogP contribution in [0.5, 0.6) is 0 Å². The average molecular weight is 276 g/mol. The number of nitriles is 1. The topological polar surface area (TPSA) is 41.6 Å². The van der Waals surface area contributed by atoms with Gasteiger partial charge in [0, 0.05) is 17.8 Å². The number of imidazole rings is 1. The lowest BCUT2D eigenvalue weighted by atomic mass is 10.0. The van der Waals surface area contributed by atoms with Crippen LogP contribution in [0.3, 0.4) is 0 Å². The lowest BCUT2D eigenvalue weighted by Crippen LogP contribution is -2.27. The fourth-order valence-corrected chi connectivity index (χ4v) is 2.45. The van der Waals surface area contributed by atoms with Crippen molar-refractivity contribution in [3.63, 3.8) is 0 Å². The Bertz CT molecular complexity index is 635. The van der Waals surface area contributed by atoms with Gasteiger partial charge in [-0.05, 0) is 38.5 Å². The van der Waals surface area contributed by atoms with Gasteiger partial charge in [0.05, 0.1) is 22.7 Å². The Balaban J connectivity index is 2.74. The van der Waals surface area contributed by atoms with E-state index in [4.69, 9.17) is 16.9 Å². The highest BCUT2D eigenvalue weighted by Crippen LogP contribution is 2.29. The molecule has 1 aromatic carbocycles. The third kappa shape index (κ3) is 2.46. The zero-order valence-corrected chi connectivity index (χ0v) is 12.3. The highest BCUT2D eigenvalue weighted by molar-refractivity contribution is 6.17. The summed E-state index contributed by atoms with van der Waals surface area (Å²) < 4.78 is 2.23. The van der Waals surface area contributed by atoms with Crippen molar-refractivity contribution >= 4 is 22.6 Å². The second-order valence-corrected chi connectivity index (χ2v) is 5.66. The Morgan fingerprint density at radius 1 is 1.42 bits per heavy atom. The van der Waals surface area contributed by atoms with Crippen LogP contribution in [0.1, 0.15) is 38.6 Å². The molecule has 0 aliphatic rings. The van der Waals surface area contributed by atoms with Crippen molar-refractivity contribution in [2.45, 2.75) is 39.2 Å². The summed E-state index contributed by atoms with van der Waals surface area (Å²) >= 11 is 5.88. The molecule has 1 heterocycles. The molecule has 0 aliphatic heterocycles. The number of nitrogens with zero attached hydrogens (tertiary/aromatic N) is 3. The first-order chi connectivity index (χ1) is 9.03. The van der Waals surface area contributed by atoms with Gasteiger partial charge in [0.25, 0.3) is 0 Å². The number of rotatable bonds is 4. The second kappa shape index (κ2) is 5.22. The van der Waals surface area contributed by atoms with Crippen LogP contribution in [0.4, 0.5) is 0 Å². The molecule has 0 fully saturated rings. The van der Waals surface area contributed by atoms with Crippen molar-refractivity contribution in [2.75, 3.05) is 5.88 Å². The maximum absolute atomic E-state index is 9.06. The van der Waals surface area contributed by atoms with Crippen LogP contribution in [-0.4, -0.2) is 15.4 Å². The molecule has 0 atom stereocenters. The number of fused-ring (bicyclic) bond motifs is 1. The molecule has 0 saturated heterocycles. The molecule has 0 bridgehead atoms. The van der Waals surface area contributed by atoms with Crippen LogP contribution in [0, 0.1) is 11.3 Å². The maximum Gasteiger partial charge on any atom is 0.111 e. The Labute approximate surface area is 118 Å². The number of halogens is 1. The fraction of sp³-hybridized carbons (Fsp3) is 0.467. The van der Waals surface area contributed by atoms with Crippen molar-refractivity contribution in [3.8, 4) is 6.07 Å². The molecular formula is C15H18ClN3. The molecule has 0 saturated carbocycles. The van der Waals surface area contributed by atoms with Gasteiger partial charge >= 0.3 is 0 Å². The number of alkyl halides is 1. The molecule has 100 valence electrons. The van der Waals surface area contributed by atoms with Crippen molar-refractivity contribution in [1.82, 2.24) is 9.55 Å². The quantitative estimate of drug-likeness (QED) is 0.796. The van der Waals surface area contributed by atoms with Crippen molar-refractivity contribution in [2.24, 2.45) is 0 Å². The van der Waals surface area contributed by atoms with Crippen molar-refractivity contribution in [3.05, 3.63) is 29.6 Å². The molecular weight excluding hydrogens is 258 g/mol. The number of benzene rings is 1. The SMILES string of the molecule is CCC(C)(C)n1c(CCCl)nc2ccc(C#N)cc21. The smallest absolute Gasteiger partial charge is 0.111 e. The lowest BCUT2D eigenvalue weighted by molar-refractivity contribution is 0.342. The molecule has 0 radical (unpaired) electrons. The zero-order valence-electron chi connectivity index (χ0n) is 11.6. The van der Waals surface area contributed by atoms with E-state index in [1.165, 1.54) is 0 Å². The standard InChI is InChI=1S/C15H18ClN3/c1-4-15(2,3)19-13-9-11(10-17)5-6-12(13)18-14(19)7-8-16/h5-6,9H,4,7-8H2,1-3H3. The molecule has 0 amide bonds. The van der Waals surface area contributed by atoms with Crippen molar-refractivity contribution < 1.29 is 0 Å². The minimum absolute atomic E-state index is 0.0375. The average Bonchev–Trinajstić information content (AvgIpc) is 2.76. The third-order valence-electron chi connectivity index (χ3n) is 3.64. The summed E-state index contributed by atoms with van der Waals surface area (Å²) in [7, 11) is 0. The minimum Gasteiger partial charge on any atom is -0.322 e. The Morgan fingerprint density at radius 2 is 2.16 bits per heavy atom. The molecule has 1 aromatic heterocycles. The van der Waals surface area contributed by atoms with E-state index in [-0.39, 0.29) is 5.54 Å². The fourth-order valence-electron chi connectivity index (χ4n) is 2.28. The molecule has 19 heavy (non-hydrogen) atoms. The van der Waals surface area contributed by atoms with Crippen LogP contribution in [0.25, 0.3) is 11.0 Å². The van der Waals surface area contributed by atoms with Crippen LogP contribution in [0.2, 0.25) is 0 Å². The van der Waals surface area contributed by atoms with Crippen molar-refractivity contribution in [1.29, 1.82) is 5.26 Å². The monoisotopic (exact) mass is 275 g/mol. The summed E-state index contributed by atoms with van der Waals surface area (Å²) in [4.78, 5) is 4.66. The summed E-state index contributed by atoms with van der Waals surface area (Å²) in [6.45, 7) is 6.53. The largest absolute Gasteiger partial charge is 0.322 e. The molecule has 0 aliphatic carbocycles. The van der Waals surface area contributed by atoms with Gasteiger partial charge in [0.15, 0.2) is 0 Å². The Hall–Kier alpha value is -1.53. The van der Waals surface area contributed by atoms with Crippen LogP contribution in [0.15, 0.2) is 18.2 Å². The zero-order chi connectivity index (χ0) is 14.0. The highest BCUT2D eigenvalue weighted by Gasteiger charge is 2.24. The van der Waals surface area contributed by atoms with Gasteiger partial charge in [0.2, 0.25) is 0 Å². The first-order valence-electron chi connectivity index (χ1n) is 6.51.